The van der Waals surface area contributed by atoms with Crippen LogP contribution < -0.4 is 5.11 Å². The Bertz CT molecular complexity index is 294. The van der Waals surface area contributed by atoms with Gasteiger partial charge < -0.3 is 5.11 Å². The minimum absolute atomic E-state index is 0.00519. The highest BCUT2D eigenvalue weighted by Crippen LogP contribution is 2.16. The van der Waals surface area contributed by atoms with Crippen molar-refractivity contribution in [2.24, 2.45) is 0 Å². The van der Waals surface area contributed by atoms with Gasteiger partial charge in [0.1, 0.15) is 0 Å². The van der Waals surface area contributed by atoms with Gasteiger partial charge in [-0.3, -0.25) is 4.79 Å². The topological polar surface area (TPSA) is 40.1 Å². The first kappa shape index (κ1) is 8.52. The summed E-state index contributed by atoms with van der Waals surface area (Å²) in [5, 5.41) is 10.7. The minimum Gasteiger partial charge on any atom is -0.872 e. The van der Waals surface area contributed by atoms with Gasteiger partial charge in [-0.15, -0.1) is 5.75 Å². The molecule has 0 aromatic heterocycles. The van der Waals surface area contributed by atoms with Gasteiger partial charge in [-0.05, 0) is 29.5 Å². The fourth-order valence-corrected chi connectivity index (χ4v) is 1.65. The van der Waals surface area contributed by atoms with Gasteiger partial charge in [0.25, 0.3) is 0 Å². The van der Waals surface area contributed by atoms with Crippen molar-refractivity contribution in [1.29, 1.82) is 0 Å². The van der Waals surface area contributed by atoms with Crippen molar-refractivity contribution in [2.45, 2.75) is 6.92 Å². The van der Waals surface area contributed by atoms with Crippen molar-refractivity contribution in [3.8, 4) is 5.75 Å². The average Bonchev–Trinajstić information content (AvgIpc) is 1.85. The zero-order valence-electron chi connectivity index (χ0n) is 5.93. The Morgan fingerprint density at radius 1 is 1.55 bits per heavy atom. The van der Waals surface area contributed by atoms with E-state index in [2.05, 4.69) is 0 Å². The monoisotopic (exact) mass is 261 g/mol. The summed E-state index contributed by atoms with van der Waals surface area (Å²) in [4.78, 5) is 10.9. The first-order valence-electron chi connectivity index (χ1n) is 3.09. The van der Waals surface area contributed by atoms with Gasteiger partial charge in [0, 0.05) is 9.13 Å². The molecular weight excluding hydrogens is 255 g/mol. The van der Waals surface area contributed by atoms with E-state index in [-0.39, 0.29) is 11.5 Å². The third-order valence-corrected chi connectivity index (χ3v) is 2.21. The van der Waals surface area contributed by atoms with Gasteiger partial charge in [0.15, 0.2) is 5.78 Å². The number of rotatable bonds is 1. The van der Waals surface area contributed by atoms with Crippen LogP contribution in [-0.2, 0) is 0 Å². The van der Waals surface area contributed by atoms with Crippen LogP contribution in [-0.4, -0.2) is 5.78 Å². The second-order valence-electron chi connectivity index (χ2n) is 2.20. The van der Waals surface area contributed by atoms with Crippen LogP contribution in [0.1, 0.15) is 17.3 Å². The molecule has 11 heavy (non-hydrogen) atoms. The maximum absolute atomic E-state index is 10.9. The zero-order valence-corrected chi connectivity index (χ0v) is 8.08. The molecule has 0 aliphatic carbocycles. The molecule has 0 heterocycles. The smallest absolute Gasteiger partial charge is 0.160 e. The van der Waals surface area contributed by atoms with Crippen molar-refractivity contribution in [3.05, 3.63) is 27.3 Å². The van der Waals surface area contributed by atoms with Crippen molar-refractivity contribution >= 4 is 28.4 Å². The van der Waals surface area contributed by atoms with E-state index in [1.807, 2.05) is 22.6 Å². The van der Waals surface area contributed by atoms with Crippen LogP contribution in [0, 0.1) is 3.57 Å². The fraction of sp³-hybridized carbons (Fsp3) is 0.125. The normalized spacial score (nSPS) is 9.64. The number of carbonyl (C=O) groups excluding carboxylic acids is 1. The molecule has 0 saturated heterocycles. The molecule has 2 nitrogen and oxygen atoms in total. The molecule has 58 valence electrons. The third kappa shape index (κ3) is 1.92. The maximum Gasteiger partial charge on any atom is 0.160 e. The van der Waals surface area contributed by atoms with Gasteiger partial charge in [0.05, 0.1) is 0 Å². The van der Waals surface area contributed by atoms with Gasteiger partial charge in [-0.2, -0.15) is 0 Å². The summed E-state index contributed by atoms with van der Waals surface area (Å²) in [6.45, 7) is 1.49. The Morgan fingerprint density at radius 2 is 2.18 bits per heavy atom. The van der Waals surface area contributed by atoms with Gasteiger partial charge in [-0.1, -0.05) is 18.2 Å². The molecule has 1 aromatic carbocycles. The van der Waals surface area contributed by atoms with E-state index in [1.165, 1.54) is 19.1 Å². The molecule has 0 saturated carbocycles. The lowest BCUT2D eigenvalue weighted by Gasteiger charge is -2.06. The van der Waals surface area contributed by atoms with Crippen molar-refractivity contribution in [2.75, 3.05) is 0 Å². The summed E-state index contributed by atoms with van der Waals surface area (Å²) in [5.41, 5.74) is 0.616. The second-order valence-corrected chi connectivity index (χ2v) is 3.36. The predicted octanol–water partition coefficient (Wildman–Crippen LogP) is 1.57. The van der Waals surface area contributed by atoms with Crippen LogP contribution in [0.25, 0.3) is 0 Å². The van der Waals surface area contributed by atoms with Crippen molar-refractivity contribution in [1.82, 2.24) is 0 Å². The maximum atomic E-state index is 10.9. The summed E-state index contributed by atoms with van der Waals surface area (Å²) in [6.07, 6.45) is 0. The van der Waals surface area contributed by atoms with Gasteiger partial charge in [-0.25, -0.2) is 0 Å². The number of halogens is 1. The van der Waals surface area contributed by atoms with E-state index in [0.29, 0.717) is 5.56 Å². The van der Waals surface area contributed by atoms with Crippen LogP contribution in [0.15, 0.2) is 18.2 Å². The molecule has 0 N–H and O–H groups in total. The molecule has 0 unspecified atom stereocenters. The van der Waals surface area contributed by atoms with Crippen LogP contribution >= 0.6 is 22.6 Å². The minimum atomic E-state index is -0.0561. The predicted molar refractivity (Wildman–Crippen MR) is 48.6 cm³/mol. The lowest BCUT2D eigenvalue weighted by molar-refractivity contribution is -0.268. The van der Waals surface area contributed by atoms with Crippen LogP contribution in [0.3, 0.4) is 0 Å². The van der Waals surface area contributed by atoms with E-state index in [0.717, 1.165) is 3.57 Å². The zero-order chi connectivity index (χ0) is 8.43. The molecule has 3 heteroatoms. The van der Waals surface area contributed by atoms with E-state index in [1.54, 1.807) is 6.07 Å². The highest BCUT2D eigenvalue weighted by molar-refractivity contribution is 14.1. The molecular formula is C8H6IO2-. The Balaban J connectivity index is 3.20. The van der Waals surface area contributed by atoms with E-state index < -0.39 is 0 Å². The quantitative estimate of drug-likeness (QED) is 0.568. The molecule has 0 spiro atoms. The summed E-state index contributed by atoms with van der Waals surface area (Å²) in [6, 6.07) is 4.42. The van der Waals surface area contributed by atoms with E-state index in [4.69, 9.17) is 0 Å². The molecule has 0 radical (unpaired) electrons. The molecule has 0 fully saturated rings. The standard InChI is InChI=1S/C8H7IO2/c1-5(10)7-3-2-6(11)4-8(7)9/h2-4,11H,1H3/p-1. The molecule has 0 aliphatic rings. The molecule has 0 atom stereocenters. The van der Waals surface area contributed by atoms with Crippen LogP contribution in [0.2, 0.25) is 0 Å². The number of carbonyl (C=O) groups is 1. The van der Waals surface area contributed by atoms with Crippen LogP contribution in [0.5, 0.6) is 5.75 Å². The number of ketones is 1. The van der Waals surface area contributed by atoms with Gasteiger partial charge >= 0.3 is 0 Å². The summed E-state index contributed by atoms with van der Waals surface area (Å²) < 4.78 is 0.725. The Hall–Kier alpha value is -0.580. The third-order valence-electron chi connectivity index (χ3n) is 1.32. The van der Waals surface area contributed by atoms with Crippen molar-refractivity contribution < 1.29 is 9.90 Å². The van der Waals surface area contributed by atoms with E-state index in [9.17, 15) is 9.90 Å². The second kappa shape index (κ2) is 3.21. The summed E-state index contributed by atoms with van der Waals surface area (Å²) in [7, 11) is 0. The first-order valence-corrected chi connectivity index (χ1v) is 4.16. The molecule has 1 rings (SSSR count). The number of hydrogen-bond donors (Lipinski definition) is 0. The summed E-state index contributed by atoms with van der Waals surface area (Å²) >= 11 is 1.98. The highest BCUT2D eigenvalue weighted by Gasteiger charge is 2.01. The fourth-order valence-electron chi connectivity index (χ4n) is 0.781. The molecule has 0 amide bonds. The number of benzene rings is 1. The van der Waals surface area contributed by atoms with E-state index >= 15 is 0 Å². The lowest BCUT2D eigenvalue weighted by atomic mass is 10.1. The van der Waals surface area contributed by atoms with Gasteiger partial charge in [0.2, 0.25) is 0 Å². The Kier molecular flexibility index (Phi) is 2.49. The number of hydrogen-bond acceptors (Lipinski definition) is 2. The first-order chi connectivity index (χ1) is 5.11. The molecule has 0 aliphatic heterocycles. The SMILES string of the molecule is CC(=O)c1ccc([O-])cc1I. The Labute approximate surface area is 78.4 Å². The molecule has 1 aromatic rings. The van der Waals surface area contributed by atoms with Crippen LogP contribution in [0.4, 0.5) is 0 Å². The highest BCUT2D eigenvalue weighted by atomic mass is 127. The lowest BCUT2D eigenvalue weighted by Crippen LogP contribution is -1.97. The largest absolute Gasteiger partial charge is 0.872 e. The summed E-state index contributed by atoms with van der Waals surface area (Å²) in [5.74, 6) is -0.0613. The average molecular weight is 261 g/mol. The van der Waals surface area contributed by atoms with Crippen molar-refractivity contribution in [3.63, 3.8) is 0 Å². The Morgan fingerprint density at radius 3 is 2.64 bits per heavy atom. The number of Topliss-reactive ketones (excluding diaryl/α,β-unsaturated/α-hetero) is 1. The molecule has 0 bridgehead atoms.